The van der Waals surface area contributed by atoms with Gasteiger partial charge in [-0.25, -0.2) is 0 Å². The molecule has 1 aliphatic carbocycles. The Balaban J connectivity index is 1.60. The van der Waals surface area contributed by atoms with Crippen molar-refractivity contribution >= 4 is 51.6 Å². The Morgan fingerprint density at radius 1 is 0.636 bits per heavy atom. The first-order chi connectivity index (χ1) is 16.4. The molecular formula is C29H28NO2P. The van der Waals surface area contributed by atoms with Crippen molar-refractivity contribution in [2.45, 2.75) is 44.6 Å². The molecule has 0 radical (unpaired) electrons. The van der Waals surface area contributed by atoms with Gasteiger partial charge in [0.1, 0.15) is 11.2 Å². The highest BCUT2D eigenvalue weighted by Crippen LogP contribution is 2.46. The molecule has 1 saturated heterocycles. The third-order valence-corrected chi connectivity index (χ3v) is 9.43. The minimum Gasteiger partial charge on any atom is -0.408 e. The molecular weight excluding hydrogens is 425 g/mol. The maximum absolute atomic E-state index is 6.85. The van der Waals surface area contributed by atoms with Crippen molar-refractivity contribution in [3.05, 3.63) is 72.8 Å². The van der Waals surface area contributed by atoms with E-state index in [4.69, 9.17) is 8.39 Å². The molecule has 1 aromatic heterocycles. The lowest BCUT2D eigenvalue weighted by molar-refractivity contribution is 0.249. The quantitative estimate of drug-likeness (QED) is 0.254. The Kier molecular flexibility index (Phi) is 4.74. The third-order valence-electron chi connectivity index (χ3n) is 7.81. The minimum absolute atomic E-state index is 0.588. The van der Waals surface area contributed by atoms with Gasteiger partial charge in [0.15, 0.2) is 0 Å². The van der Waals surface area contributed by atoms with Crippen LogP contribution in [0.15, 0.2) is 81.2 Å². The molecule has 1 saturated carbocycles. The number of piperidine rings is 1. The fraction of sp³-hybridized carbons (Fsp3) is 0.310. The Morgan fingerprint density at radius 3 is 1.88 bits per heavy atom. The van der Waals surface area contributed by atoms with E-state index in [1.807, 2.05) is 0 Å². The molecule has 0 bridgehead atoms. The zero-order chi connectivity index (χ0) is 21.8. The molecule has 0 spiro atoms. The molecule has 4 aromatic carbocycles. The van der Waals surface area contributed by atoms with Crippen molar-refractivity contribution < 1.29 is 8.39 Å². The summed E-state index contributed by atoms with van der Waals surface area (Å²) in [5.41, 5.74) is 1.90. The van der Waals surface area contributed by atoms with Crippen molar-refractivity contribution in [2.75, 3.05) is 11.2 Å². The molecule has 0 unspecified atom stereocenters. The van der Waals surface area contributed by atoms with Crippen LogP contribution in [0.25, 0.3) is 43.5 Å². The molecule has 2 atom stereocenters. The standard InChI is InChI=1S/C29H28NO2P/c1-4-12-23-20(8-1)15-17-26-28(23)29-24-13-5-2-9-21(24)16-18-27(29)32-33(31-26)30-19-7-11-22-10-3-6-14-25(22)30/h1-2,4-5,8-9,12-13,15-18,22,25H,3,6-7,10-11,14,19H2/t22-,25+/m1/s1. The van der Waals surface area contributed by atoms with E-state index in [1.54, 1.807) is 0 Å². The van der Waals surface area contributed by atoms with Gasteiger partial charge in [0, 0.05) is 23.4 Å². The lowest BCUT2D eigenvalue weighted by Gasteiger charge is -2.41. The summed E-state index contributed by atoms with van der Waals surface area (Å²) in [6, 6.07) is 26.6. The average molecular weight is 454 g/mol. The number of rotatable bonds is 1. The first kappa shape index (κ1) is 19.7. The van der Waals surface area contributed by atoms with Crippen molar-refractivity contribution in [2.24, 2.45) is 5.92 Å². The Bertz CT molecular complexity index is 1440. The normalized spacial score (nSPS) is 21.6. The van der Waals surface area contributed by atoms with Crippen LogP contribution in [0.4, 0.5) is 0 Å². The molecule has 2 aliphatic rings. The average Bonchev–Trinajstić information content (AvgIpc) is 3.05. The zero-order valence-corrected chi connectivity index (χ0v) is 19.6. The highest BCUT2D eigenvalue weighted by atomic mass is 31.1. The predicted molar refractivity (Wildman–Crippen MR) is 139 cm³/mol. The van der Waals surface area contributed by atoms with Gasteiger partial charge in [-0.15, -0.1) is 0 Å². The van der Waals surface area contributed by atoms with Gasteiger partial charge in [0.25, 0.3) is 0 Å². The number of benzene rings is 4. The highest BCUT2D eigenvalue weighted by Gasteiger charge is 2.36. The summed E-state index contributed by atoms with van der Waals surface area (Å²) in [7, 11) is -1.21. The van der Waals surface area contributed by atoms with Gasteiger partial charge >= 0.3 is 8.16 Å². The van der Waals surface area contributed by atoms with Gasteiger partial charge in [-0.05, 0) is 65.3 Å². The molecule has 7 rings (SSSR count). The first-order valence-electron chi connectivity index (χ1n) is 12.3. The van der Waals surface area contributed by atoms with Gasteiger partial charge in [-0.2, -0.15) is 4.67 Å². The predicted octanol–water partition coefficient (Wildman–Crippen LogP) is 8.89. The number of hydrogen-bond donors (Lipinski definition) is 0. The van der Waals surface area contributed by atoms with Crippen LogP contribution < -0.4 is 4.67 Å². The van der Waals surface area contributed by atoms with E-state index < -0.39 is 8.16 Å². The van der Waals surface area contributed by atoms with Crippen LogP contribution in [0.2, 0.25) is 0 Å². The van der Waals surface area contributed by atoms with Crippen molar-refractivity contribution in [1.82, 2.24) is 0 Å². The Hall–Kier alpha value is -2.74. The highest BCUT2D eigenvalue weighted by molar-refractivity contribution is 7.39. The number of fused-ring (bicyclic) bond motifs is 8. The third kappa shape index (κ3) is 3.21. The summed E-state index contributed by atoms with van der Waals surface area (Å²) in [5, 5.41) is 7.25. The molecule has 2 heterocycles. The van der Waals surface area contributed by atoms with E-state index in [9.17, 15) is 0 Å². The van der Waals surface area contributed by atoms with Gasteiger partial charge in [0.2, 0.25) is 0 Å². The fourth-order valence-corrected chi connectivity index (χ4v) is 8.00. The van der Waals surface area contributed by atoms with Crippen LogP contribution in [0.3, 0.4) is 0 Å². The van der Waals surface area contributed by atoms with Gasteiger partial charge in [-0.1, -0.05) is 73.5 Å². The fourth-order valence-electron chi connectivity index (χ4n) is 6.26. The molecule has 33 heavy (non-hydrogen) atoms. The summed E-state index contributed by atoms with van der Waals surface area (Å²) in [4.78, 5) is 0. The second-order valence-electron chi connectivity index (χ2n) is 9.66. The van der Waals surface area contributed by atoms with Crippen LogP contribution in [-0.2, 0) is 0 Å². The Labute approximate surface area is 194 Å². The number of nitrogens with zero attached hydrogens (tertiary/aromatic N) is 1. The summed E-state index contributed by atoms with van der Waals surface area (Å²) in [5.74, 6) is 0.789. The van der Waals surface area contributed by atoms with Crippen LogP contribution in [0.1, 0.15) is 38.5 Å². The summed E-state index contributed by atoms with van der Waals surface area (Å²) in [6.07, 6.45) is 7.91. The second-order valence-corrected chi connectivity index (χ2v) is 11.0. The Morgan fingerprint density at radius 2 is 1.21 bits per heavy atom. The minimum atomic E-state index is -1.21. The van der Waals surface area contributed by atoms with E-state index in [0.29, 0.717) is 6.04 Å². The molecule has 3 nitrogen and oxygen atoms in total. The van der Waals surface area contributed by atoms with Crippen LogP contribution in [0.5, 0.6) is 0 Å². The van der Waals surface area contributed by atoms with Crippen LogP contribution in [-0.4, -0.2) is 12.6 Å². The first-order valence-corrected chi connectivity index (χ1v) is 13.5. The maximum atomic E-state index is 6.85. The molecule has 4 heteroatoms. The van der Waals surface area contributed by atoms with Crippen LogP contribution in [0, 0.1) is 5.92 Å². The molecule has 0 N–H and O–H groups in total. The van der Waals surface area contributed by atoms with E-state index >= 15 is 0 Å². The van der Waals surface area contributed by atoms with E-state index in [2.05, 4.69) is 77.5 Å². The van der Waals surface area contributed by atoms with Gasteiger partial charge in [0.05, 0.1) is 0 Å². The van der Waals surface area contributed by atoms with E-state index in [0.717, 1.165) is 23.6 Å². The monoisotopic (exact) mass is 453 g/mol. The lowest BCUT2D eigenvalue weighted by Crippen LogP contribution is -2.45. The van der Waals surface area contributed by atoms with Crippen LogP contribution >= 0.6 is 8.16 Å². The van der Waals surface area contributed by atoms with Gasteiger partial charge < -0.3 is 8.39 Å². The largest absolute Gasteiger partial charge is 0.408 e. The molecule has 166 valence electrons. The van der Waals surface area contributed by atoms with E-state index in [1.165, 1.54) is 70.8 Å². The smallest absolute Gasteiger partial charge is 0.309 e. The van der Waals surface area contributed by atoms with Gasteiger partial charge in [-0.3, -0.25) is 0 Å². The second kappa shape index (κ2) is 7.94. The van der Waals surface area contributed by atoms with E-state index in [-0.39, 0.29) is 0 Å². The van der Waals surface area contributed by atoms with Crippen molar-refractivity contribution in [1.29, 1.82) is 0 Å². The number of hydrogen-bond acceptors (Lipinski definition) is 3. The zero-order valence-electron chi connectivity index (χ0n) is 18.7. The summed E-state index contributed by atoms with van der Waals surface area (Å²) >= 11 is 0. The molecule has 1 aliphatic heterocycles. The molecule has 5 aromatic rings. The maximum Gasteiger partial charge on any atom is 0.309 e. The van der Waals surface area contributed by atoms with Crippen molar-refractivity contribution in [3.8, 4) is 0 Å². The summed E-state index contributed by atoms with van der Waals surface area (Å²) < 4.78 is 16.3. The molecule has 2 fully saturated rings. The molecule has 0 amide bonds. The van der Waals surface area contributed by atoms with Crippen molar-refractivity contribution in [3.63, 3.8) is 0 Å². The lowest BCUT2D eigenvalue weighted by atomic mass is 9.79. The topological polar surface area (TPSA) is 29.5 Å². The summed E-state index contributed by atoms with van der Waals surface area (Å²) in [6.45, 7) is 1.07. The SMILES string of the molecule is c1ccc2c(c1)ccc1op(N3CCC[C@H]4CCCC[C@@H]43)oc3ccc4ccccc4c3c12.